The molecule has 0 fully saturated rings. The zero-order valence-corrected chi connectivity index (χ0v) is 17.0. The molecule has 0 radical (unpaired) electrons. The van der Waals surface area contributed by atoms with Gasteiger partial charge in [0.25, 0.3) is 0 Å². The fourth-order valence-electron chi connectivity index (χ4n) is 3.05. The minimum atomic E-state index is -0.902. The first kappa shape index (κ1) is 19.8. The highest BCUT2D eigenvalue weighted by Gasteiger charge is 2.09. The standard InChI is InChI=1S/C24H20N2O3S/c27-24(28)18-14-12-17(13-15-18)6-4-11-22-25-26-23(30-22)19-7-5-10-21(16-19)29-20-8-2-1-3-9-20/h1-3,5,7-10,12-16H,4,6,11H2,(H,27,28). The van der Waals surface area contributed by atoms with Crippen LogP contribution in [0.1, 0.15) is 27.3 Å². The van der Waals surface area contributed by atoms with Crippen LogP contribution in [0.25, 0.3) is 10.6 Å². The summed E-state index contributed by atoms with van der Waals surface area (Å²) in [5.74, 6) is 0.658. The monoisotopic (exact) mass is 416 g/mol. The van der Waals surface area contributed by atoms with Crippen molar-refractivity contribution < 1.29 is 14.6 Å². The maximum Gasteiger partial charge on any atom is 0.335 e. The van der Waals surface area contributed by atoms with Gasteiger partial charge in [-0.25, -0.2) is 4.79 Å². The van der Waals surface area contributed by atoms with Gasteiger partial charge in [0.05, 0.1) is 5.56 Å². The zero-order chi connectivity index (χ0) is 20.8. The van der Waals surface area contributed by atoms with E-state index in [4.69, 9.17) is 9.84 Å². The first-order valence-electron chi connectivity index (χ1n) is 9.65. The maximum absolute atomic E-state index is 10.9. The van der Waals surface area contributed by atoms with E-state index in [1.165, 1.54) is 0 Å². The Kier molecular flexibility index (Phi) is 6.15. The van der Waals surface area contributed by atoms with Crippen LogP contribution < -0.4 is 4.74 Å². The molecule has 1 aromatic heterocycles. The predicted molar refractivity (Wildman–Crippen MR) is 117 cm³/mol. The highest BCUT2D eigenvalue weighted by molar-refractivity contribution is 7.14. The molecule has 0 aliphatic rings. The van der Waals surface area contributed by atoms with Crippen molar-refractivity contribution in [1.29, 1.82) is 0 Å². The van der Waals surface area contributed by atoms with Crippen LogP contribution in [0, 0.1) is 0 Å². The molecule has 0 unspecified atom stereocenters. The zero-order valence-electron chi connectivity index (χ0n) is 16.2. The van der Waals surface area contributed by atoms with Crippen LogP contribution in [0.3, 0.4) is 0 Å². The van der Waals surface area contributed by atoms with Gasteiger partial charge < -0.3 is 9.84 Å². The molecule has 150 valence electrons. The van der Waals surface area contributed by atoms with E-state index < -0.39 is 5.97 Å². The molecule has 3 aromatic carbocycles. The molecular formula is C24H20N2O3S. The van der Waals surface area contributed by atoms with Gasteiger partial charge in [-0.15, -0.1) is 10.2 Å². The lowest BCUT2D eigenvalue weighted by Crippen LogP contribution is -1.96. The van der Waals surface area contributed by atoms with E-state index in [2.05, 4.69) is 10.2 Å². The molecule has 0 bridgehead atoms. The number of benzene rings is 3. The van der Waals surface area contributed by atoms with Crippen molar-refractivity contribution in [3.63, 3.8) is 0 Å². The fraction of sp³-hybridized carbons (Fsp3) is 0.125. The lowest BCUT2D eigenvalue weighted by molar-refractivity contribution is 0.0697. The number of rotatable bonds is 8. The molecule has 0 atom stereocenters. The van der Waals surface area contributed by atoms with Crippen molar-refractivity contribution >= 4 is 17.3 Å². The van der Waals surface area contributed by atoms with E-state index >= 15 is 0 Å². The Morgan fingerprint density at radius 1 is 0.867 bits per heavy atom. The van der Waals surface area contributed by atoms with Crippen LogP contribution in [0.15, 0.2) is 78.9 Å². The largest absolute Gasteiger partial charge is 0.478 e. The van der Waals surface area contributed by atoms with Gasteiger partial charge in [-0.2, -0.15) is 0 Å². The molecule has 0 aliphatic carbocycles. The number of nitrogens with zero attached hydrogens (tertiary/aromatic N) is 2. The molecule has 0 aliphatic heterocycles. The normalized spacial score (nSPS) is 10.7. The van der Waals surface area contributed by atoms with Crippen LogP contribution in [0.4, 0.5) is 0 Å². The topological polar surface area (TPSA) is 72.3 Å². The van der Waals surface area contributed by atoms with Gasteiger partial charge >= 0.3 is 5.97 Å². The molecule has 0 saturated carbocycles. The lowest BCUT2D eigenvalue weighted by atomic mass is 10.1. The Balaban J connectivity index is 1.36. The van der Waals surface area contributed by atoms with E-state index in [0.29, 0.717) is 5.56 Å². The number of ether oxygens (including phenoxy) is 1. The van der Waals surface area contributed by atoms with Gasteiger partial charge in [0.2, 0.25) is 0 Å². The molecule has 0 saturated heterocycles. The Hall–Kier alpha value is -3.51. The average molecular weight is 417 g/mol. The second-order valence-electron chi connectivity index (χ2n) is 6.80. The number of carboxylic acids is 1. The highest BCUT2D eigenvalue weighted by Crippen LogP contribution is 2.29. The number of hydrogen-bond donors (Lipinski definition) is 1. The van der Waals surface area contributed by atoms with Gasteiger partial charge in [0, 0.05) is 12.0 Å². The summed E-state index contributed by atoms with van der Waals surface area (Å²) in [4.78, 5) is 10.9. The number of hydrogen-bond acceptors (Lipinski definition) is 5. The van der Waals surface area contributed by atoms with Crippen LogP contribution in [-0.4, -0.2) is 21.3 Å². The van der Waals surface area contributed by atoms with Crippen molar-refractivity contribution in [2.75, 3.05) is 0 Å². The van der Waals surface area contributed by atoms with Gasteiger partial charge in [-0.05, 0) is 54.8 Å². The Morgan fingerprint density at radius 2 is 1.63 bits per heavy atom. The van der Waals surface area contributed by atoms with Crippen LogP contribution in [-0.2, 0) is 12.8 Å². The van der Waals surface area contributed by atoms with E-state index in [-0.39, 0.29) is 0 Å². The SMILES string of the molecule is O=C(O)c1ccc(CCCc2nnc(-c3cccc(Oc4ccccc4)c3)s2)cc1. The van der Waals surface area contributed by atoms with Crippen LogP contribution in [0.2, 0.25) is 0 Å². The molecule has 30 heavy (non-hydrogen) atoms. The Labute approximate surface area is 178 Å². The van der Waals surface area contributed by atoms with Gasteiger partial charge in [0.1, 0.15) is 21.5 Å². The summed E-state index contributed by atoms with van der Waals surface area (Å²) in [6.07, 6.45) is 2.63. The molecule has 1 N–H and O–H groups in total. The summed E-state index contributed by atoms with van der Waals surface area (Å²) < 4.78 is 5.90. The maximum atomic E-state index is 10.9. The number of aromatic nitrogens is 2. The summed E-state index contributed by atoms with van der Waals surface area (Å²) in [5, 5.41) is 19.5. The first-order valence-corrected chi connectivity index (χ1v) is 10.5. The van der Waals surface area contributed by atoms with Gasteiger partial charge in [-0.1, -0.05) is 53.8 Å². The quantitative estimate of drug-likeness (QED) is 0.389. The molecule has 0 amide bonds. The van der Waals surface area contributed by atoms with E-state index in [0.717, 1.165) is 51.9 Å². The Bertz CT molecular complexity index is 1120. The average Bonchev–Trinajstić information content (AvgIpc) is 3.24. The third-order valence-electron chi connectivity index (χ3n) is 4.58. The lowest BCUT2D eigenvalue weighted by Gasteiger charge is -2.06. The van der Waals surface area contributed by atoms with Crippen LogP contribution in [0.5, 0.6) is 11.5 Å². The van der Waals surface area contributed by atoms with Crippen molar-refractivity contribution in [2.45, 2.75) is 19.3 Å². The summed E-state index contributed by atoms with van der Waals surface area (Å²) >= 11 is 1.59. The van der Waals surface area contributed by atoms with Crippen molar-refractivity contribution in [3.8, 4) is 22.1 Å². The molecule has 4 rings (SSSR count). The number of para-hydroxylation sites is 1. The number of aryl methyl sites for hydroxylation is 2. The molecule has 6 heteroatoms. The van der Waals surface area contributed by atoms with Gasteiger partial charge in [-0.3, -0.25) is 0 Å². The van der Waals surface area contributed by atoms with Gasteiger partial charge in [0.15, 0.2) is 0 Å². The summed E-state index contributed by atoms with van der Waals surface area (Å²) in [7, 11) is 0. The van der Waals surface area contributed by atoms with Crippen LogP contribution >= 0.6 is 11.3 Å². The smallest absolute Gasteiger partial charge is 0.335 e. The summed E-state index contributed by atoms with van der Waals surface area (Å²) in [6, 6.07) is 24.6. The number of carboxylic acid groups (broad SMARTS) is 1. The van der Waals surface area contributed by atoms with Crippen molar-refractivity contribution in [2.24, 2.45) is 0 Å². The molecule has 5 nitrogen and oxygen atoms in total. The Morgan fingerprint density at radius 3 is 2.40 bits per heavy atom. The van der Waals surface area contributed by atoms with Crippen molar-refractivity contribution in [3.05, 3.63) is 95.0 Å². The summed E-state index contributed by atoms with van der Waals surface area (Å²) in [6.45, 7) is 0. The molecule has 4 aromatic rings. The van der Waals surface area contributed by atoms with E-state index in [1.807, 2.05) is 66.7 Å². The second-order valence-corrected chi connectivity index (χ2v) is 7.86. The second kappa shape index (κ2) is 9.33. The predicted octanol–water partition coefficient (Wildman–Crippen LogP) is 5.87. The minimum Gasteiger partial charge on any atom is -0.478 e. The minimum absolute atomic E-state index is 0.311. The molecule has 0 spiro atoms. The number of carbonyl (C=O) groups is 1. The van der Waals surface area contributed by atoms with E-state index in [1.54, 1.807) is 23.5 Å². The first-order chi connectivity index (χ1) is 14.7. The molecule has 1 heterocycles. The number of aromatic carboxylic acids is 1. The van der Waals surface area contributed by atoms with E-state index in [9.17, 15) is 4.79 Å². The highest BCUT2D eigenvalue weighted by atomic mass is 32.1. The fourth-order valence-corrected chi connectivity index (χ4v) is 3.92. The third-order valence-corrected chi connectivity index (χ3v) is 5.62. The third kappa shape index (κ3) is 5.10. The molecular weight excluding hydrogens is 396 g/mol. The van der Waals surface area contributed by atoms with Crippen molar-refractivity contribution in [1.82, 2.24) is 10.2 Å². The summed E-state index contributed by atoms with van der Waals surface area (Å²) in [5.41, 5.74) is 2.41.